The van der Waals surface area contributed by atoms with Crippen molar-refractivity contribution in [3.8, 4) is 17.3 Å². The van der Waals surface area contributed by atoms with E-state index in [0.717, 1.165) is 10.8 Å². The van der Waals surface area contributed by atoms with Crippen molar-refractivity contribution in [1.29, 1.82) is 0 Å². The third kappa shape index (κ3) is 3.90. The smallest absolute Gasteiger partial charge is 0.335 e. The highest BCUT2D eigenvalue weighted by Gasteiger charge is 2.16. The summed E-state index contributed by atoms with van der Waals surface area (Å²) in [4.78, 5) is 41.1. The predicted octanol–water partition coefficient (Wildman–Crippen LogP) is 2.21. The van der Waals surface area contributed by atoms with Gasteiger partial charge in [-0.2, -0.15) is 0 Å². The summed E-state index contributed by atoms with van der Waals surface area (Å²) in [5.74, 6) is -0.110. The van der Waals surface area contributed by atoms with E-state index < -0.39 is 22.1 Å². The molecule has 0 fully saturated rings. The molecule has 0 amide bonds. The fraction of sp³-hybridized carbons (Fsp3) is 0.105. The number of aliphatic imine (C=N–C) groups is 1. The summed E-state index contributed by atoms with van der Waals surface area (Å²) in [7, 11) is 1.48. The van der Waals surface area contributed by atoms with Gasteiger partial charge in [0, 0.05) is 12.3 Å². The number of ether oxygens (including phenoxy) is 1. The highest BCUT2D eigenvalue weighted by atomic mass is 16.6. The lowest BCUT2D eigenvalue weighted by atomic mass is 10.2. The van der Waals surface area contributed by atoms with Gasteiger partial charge in [-0.1, -0.05) is 6.07 Å². The number of aromatic nitrogens is 2. The van der Waals surface area contributed by atoms with E-state index in [1.165, 1.54) is 31.4 Å². The van der Waals surface area contributed by atoms with E-state index in [4.69, 9.17) is 4.74 Å². The Morgan fingerprint density at radius 3 is 2.52 bits per heavy atom. The van der Waals surface area contributed by atoms with E-state index in [0.29, 0.717) is 11.3 Å². The maximum absolute atomic E-state index is 12.2. The van der Waals surface area contributed by atoms with Crippen LogP contribution in [-0.4, -0.2) is 32.9 Å². The normalized spacial score (nSPS) is 11.0. The molecule has 0 bridgehead atoms. The van der Waals surface area contributed by atoms with E-state index in [2.05, 4.69) is 9.98 Å². The quantitative estimate of drug-likeness (QED) is 0.385. The van der Waals surface area contributed by atoms with Gasteiger partial charge in [-0.15, -0.1) is 0 Å². The maximum Gasteiger partial charge on any atom is 0.335 e. The fourth-order valence-corrected chi connectivity index (χ4v) is 2.65. The summed E-state index contributed by atoms with van der Waals surface area (Å²) in [5.41, 5.74) is -1.35. The molecule has 1 heterocycles. The maximum atomic E-state index is 12.2. The van der Waals surface area contributed by atoms with Gasteiger partial charge >= 0.3 is 5.69 Å². The van der Waals surface area contributed by atoms with Gasteiger partial charge < -0.3 is 9.84 Å². The summed E-state index contributed by atoms with van der Waals surface area (Å²) in [6, 6.07) is 10.6. The molecule has 10 nitrogen and oxygen atoms in total. The molecule has 0 aliphatic rings. The largest absolute Gasteiger partial charge is 0.497 e. The van der Waals surface area contributed by atoms with Crippen LogP contribution in [0.3, 0.4) is 0 Å². The van der Waals surface area contributed by atoms with Gasteiger partial charge in [-0.25, -0.2) is 14.4 Å². The van der Waals surface area contributed by atoms with Crippen LogP contribution in [0.15, 0.2) is 57.0 Å². The van der Waals surface area contributed by atoms with Crippen LogP contribution in [0.2, 0.25) is 0 Å². The lowest BCUT2D eigenvalue weighted by molar-refractivity contribution is -0.384. The summed E-state index contributed by atoms with van der Waals surface area (Å²) >= 11 is 0. The van der Waals surface area contributed by atoms with Gasteiger partial charge in [0.25, 0.3) is 11.2 Å². The highest BCUT2D eigenvalue weighted by Crippen LogP contribution is 2.28. The van der Waals surface area contributed by atoms with Crippen LogP contribution in [0.1, 0.15) is 11.1 Å². The lowest BCUT2D eigenvalue weighted by Crippen LogP contribution is -2.31. The number of hydrogen-bond donors (Lipinski definition) is 2. The Morgan fingerprint density at radius 1 is 1.21 bits per heavy atom. The fourth-order valence-electron chi connectivity index (χ4n) is 2.65. The monoisotopic (exact) mass is 396 g/mol. The van der Waals surface area contributed by atoms with Gasteiger partial charge in [-0.3, -0.25) is 19.9 Å². The molecule has 0 aliphatic carbocycles. The molecule has 29 heavy (non-hydrogen) atoms. The summed E-state index contributed by atoms with van der Waals surface area (Å²) < 4.78 is 5.93. The molecule has 0 saturated carbocycles. The van der Waals surface area contributed by atoms with Gasteiger partial charge in [0.2, 0.25) is 5.88 Å². The van der Waals surface area contributed by atoms with Crippen LogP contribution >= 0.6 is 0 Å². The number of benzene rings is 2. The first kappa shape index (κ1) is 19.5. The molecule has 0 saturated heterocycles. The minimum Gasteiger partial charge on any atom is -0.497 e. The van der Waals surface area contributed by atoms with Crippen molar-refractivity contribution in [2.75, 3.05) is 7.11 Å². The SMILES string of the molecule is COc1ccc(-n2c(O)c(C=Nc3ccc(C)cc3[N+](=O)[O-])c(=O)[nH]c2=O)cc1. The number of nitro groups is 1. The Bertz CT molecular complexity index is 1220. The Balaban J connectivity index is 2.12. The van der Waals surface area contributed by atoms with E-state index in [1.54, 1.807) is 25.1 Å². The molecule has 0 spiro atoms. The topological polar surface area (TPSA) is 140 Å². The lowest BCUT2D eigenvalue weighted by Gasteiger charge is -2.10. The van der Waals surface area contributed by atoms with Crippen LogP contribution in [0.4, 0.5) is 11.4 Å². The number of nitrogens with zero attached hydrogens (tertiary/aromatic N) is 3. The zero-order chi connectivity index (χ0) is 21.1. The van der Waals surface area contributed by atoms with Crippen molar-refractivity contribution in [3.63, 3.8) is 0 Å². The van der Waals surface area contributed by atoms with Crippen molar-refractivity contribution >= 4 is 17.6 Å². The first-order valence-corrected chi connectivity index (χ1v) is 8.33. The average molecular weight is 396 g/mol. The number of H-pyrrole nitrogens is 1. The van der Waals surface area contributed by atoms with Crippen LogP contribution in [0, 0.1) is 17.0 Å². The van der Waals surface area contributed by atoms with Crippen molar-refractivity contribution in [3.05, 3.63) is 84.5 Å². The second-order valence-corrected chi connectivity index (χ2v) is 6.04. The van der Waals surface area contributed by atoms with Gasteiger partial charge in [-0.05, 0) is 42.8 Å². The van der Waals surface area contributed by atoms with Crippen LogP contribution < -0.4 is 16.0 Å². The summed E-state index contributed by atoms with van der Waals surface area (Å²) in [6.45, 7) is 1.70. The molecule has 2 aromatic carbocycles. The second-order valence-electron chi connectivity index (χ2n) is 6.04. The molecule has 148 valence electrons. The molecule has 1 aromatic heterocycles. The Morgan fingerprint density at radius 2 is 1.90 bits per heavy atom. The van der Waals surface area contributed by atoms with Crippen molar-refractivity contribution in [1.82, 2.24) is 9.55 Å². The van der Waals surface area contributed by atoms with E-state index >= 15 is 0 Å². The summed E-state index contributed by atoms with van der Waals surface area (Å²) in [5, 5.41) is 21.7. The number of aryl methyl sites for hydroxylation is 1. The van der Waals surface area contributed by atoms with Gasteiger partial charge in [0.15, 0.2) is 0 Å². The zero-order valence-corrected chi connectivity index (χ0v) is 15.4. The van der Waals surface area contributed by atoms with Crippen molar-refractivity contribution in [2.24, 2.45) is 4.99 Å². The predicted molar refractivity (Wildman–Crippen MR) is 106 cm³/mol. The van der Waals surface area contributed by atoms with Crippen LogP contribution in [0.5, 0.6) is 11.6 Å². The first-order valence-electron chi connectivity index (χ1n) is 8.33. The second kappa shape index (κ2) is 7.80. The minimum atomic E-state index is -0.879. The zero-order valence-electron chi connectivity index (χ0n) is 15.4. The van der Waals surface area contributed by atoms with Gasteiger partial charge in [0.05, 0.1) is 17.7 Å². The Labute approximate surface area is 163 Å². The van der Waals surface area contributed by atoms with E-state index in [-0.39, 0.29) is 22.6 Å². The van der Waals surface area contributed by atoms with Crippen LogP contribution in [-0.2, 0) is 0 Å². The molecule has 0 unspecified atom stereocenters. The molecular formula is C19H16N4O6. The molecular weight excluding hydrogens is 380 g/mol. The number of nitrogens with one attached hydrogen (secondary N) is 1. The number of nitro benzene ring substituents is 1. The van der Waals surface area contributed by atoms with E-state index in [1.807, 2.05) is 0 Å². The minimum absolute atomic E-state index is 0.00148. The Hall–Kier alpha value is -4.21. The molecule has 10 heteroatoms. The van der Waals surface area contributed by atoms with Crippen molar-refractivity contribution in [2.45, 2.75) is 6.92 Å². The third-order valence-electron chi connectivity index (χ3n) is 4.11. The van der Waals surface area contributed by atoms with Crippen LogP contribution in [0.25, 0.3) is 5.69 Å². The first-order chi connectivity index (χ1) is 13.8. The number of aromatic hydroxyl groups is 1. The standard InChI is InChI=1S/C19H16N4O6/c1-11-3-8-15(16(9-11)23(27)28)20-10-14-17(24)21-19(26)22(18(14)25)12-4-6-13(29-2)7-5-12/h3-10,25H,1-2H3,(H,21,24,26). The molecule has 2 N–H and O–H groups in total. The average Bonchev–Trinajstić information content (AvgIpc) is 2.68. The molecule has 0 aliphatic heterocycles. The number of hydrogen-bond acceptors (Lipinski definition) is 7. The highest BCUT2D eigenvalue weighted by molar-refractivity contribution is 5.85. The Kier molecular flexibility index (Phi) is 5.26. The molecule has 0 radical (unpaired) electrons. The number of rotatable bonds is 5. The third-order valence-corrected chi connectivity index (χ3v) is 4.11. The van der Waals surface area contributed by atoms with Crippen molar-refractivity contribution < 1.29 is 14.8 Å². The molecule has 0 atom stereocenters. The molecule has 3 rings (SSSR count). The summed E-state index contributed by atoms with van der Waals surface area (Å²) in [6.07, 6.45) is 0.977. The number of aromatic amines is 1. The molecule has 3 aromatic rings. The number of methoxy groups -OCH3 is 1. The van der Waals surface area contributed by atoms with Gasteiger partial charge in [0.1, 0.15) is 17.0 Å². The van der Waals surface area contributed by atoms with E-state index in [9.17, 15) is 24.8 Å².